The lowest BCUT2D eigenvalue weighted by molar-refractivity contribution is -0.118. The van der Waals surface area contributed by atoms with E-state index < -0.39 is 6.04 Å². The lowest BCUT2D eigenvalue weighted by Crippen LogP contribution is -2.39. The third kappa shape index (κ3) is 3.38. The number of rotatable bonds is 3. The van der Waals surface area contributed by atoms with Crippen molar-refractivity contribution in [3.05, 3.63) is 18.2 Å². The molecule has 0 saturated carbocycles. The van der Waals surface area contributed by atoms with E-state index in [9.17, 15) is 4.79 Å². The number of amides is 1. The average Bonchev–Trinajstić information content (AvgIpc) is 2.62. The van der Waals surface area contributed by atoms with E-state index in [2.05, 4.69) is 5.32 Å². The van der Waals surface area contributed by atoms with Crippen molar-refractivity contribution >= 4 is 11.6 Å². The van der Waals surface area contributed by atoms with Crippen LogP contribution in [0, 0.1) is 5.92 Å². The normalized spacial score (nSPS) is 15.8. The van der Waals surface area contributed by atoms with Gasteiger partial charge in [-0.2, -0.15) is 0 Å². The summed E-state index contributed by atoms with van der Waals surface area (Å²) in [6.07, 6.45) is 0.856. The number of carbonyl (C=O) groups is 1. The molecule has 1 amide bonds. The third-order valence-electron chi connectivity index (χ3n) is 3.04. The monoisotopic (exact) mass is 264 g/mol. The van der Waals surface area contributed by atoms with Crippen molar-refractivity contribution in [2.45, 2.75) is 26.3 Å². The first-order valence-corrected chi connectivity index (χ1v) is 6.54. The zero-order valence-corrected chi connectivity index (χ0v) is 11.3. The van der Waals surface area contributed by atoms with Crippen LogP contribution in [-0.4, -0.2) is 25.2 Å². The molecule has 0 bridgehead atoms. The van der Waals surface area contributed by atoms with Gasteiger partial charge >= 0.3 is 0 Å². The smallest absolute Gasteiger partial charge is 0.241 e. The Bertz CT molecular complexity index is 460. The molecule has 3 N–H and O–H groups in total. The van der Waals surface area contributed by atoms with E-state index in [1.54, 1.807) is 18.2 Å². The van der Waals surface area contributed by atoms with E-state index in [0.717, 1.165) is 6.42 Å². The third-order valence-corrected chi connectivity index (χ3v) is 3.04. The van der Waals surface area contributed by atoms with Gasteiger partial charge < -0.3 is 20.5 Å². The van der Waals surface area contributed by atoms with E-state index in [-0.39, 0.29) is 11.8 Å². The first kappa shape index (κ1) is 13.7. The predicted octanol–water partition coefficient (Wildman–Crippen LogP) is 1.77. The highest BCUT2D eigenvalue weighted by Gasteiger charge is 2.18. The minimum absolute atomic E-state index is 0.0976. The van der Waals surface area contributed by atoms with Crippen LogP contribution in [0.25, 0.3) is 0 Å². The van der Waals surface area contributed by atoms with E-state index in [0.29, 0.717) is 30.4 Å². The Labute approximate surface area is 113 Å². The van der Waals surface area contributed by atoms with Crippen molar-refractivity contribution < 1.29 is 14.3 Å². The van der Waals surface area contributed by atoms with Crippen LogP contribution in [0.5, 0.6) is 11.5 Å². The predicted molar refractivity (Wildman–Crippen MR) is 73.5 cm³/mol. The summed E-state index contributed by atoms with van der Waals surface area (Å²) in [5.74, 6) is 1.28. The summed E-state index contributed by atoms with van der Waals surface area (Å²) in [7, 11) is 0. The molecule has 1 aromatic rings. The van der Waals surface area contributed by atoms with Crippen molar-refractivity contribution in [1.82, 2.24) is 0 Å². The van der Waals surface area contributed by atoms with E-state index in [1.807, 2.05) is 13.8 Å². The second kappa shape index (κ2) is 5.93. The number of hydrogen-bond acceptors (Lipinski definition) is 4. The van der Waals surface area contributed by atoms with Gasteiger partial charge in [0.2, 0.25) is 5.91 Å². The van der Waals surface area contributed by atoms with Gasteiger partial charge in [0, 0.05) is 18.2 Å². The summed E-state index contributed by atoms with van der Waals surface area (Å²) >= 11 is 0. The molecule has 1 atom stereocenters. The molecule has 1 heterocycles. The van der Waals surface area contributed by atoms with Crippen molar-refractivity contribution in [2.75, 3.05) is 18.5 Å². The number of hydrogen-bond donors (Lipinski definition) is 2. The number of nitrogens with one attached hydrogen (secondary N) is 1. The van der Waals surface area contributed by atoms with Gasteiger partial charge in [-0.15, -0.1) is 0 Å². The molecule has 0 fully saturated rings. The highest BCUT2D eigenvalue weighted by molar-refractivity contribution is 5.95. The zero-order valence-electron chi connectivity index (χ0n) is 11.3. The molecule has 0 aliphatic carbocycles. The standard InChI is InChI=1S/C14H20N2O3/c1-9(2)13(15)14(17)16-10-4-5-11-12(8-10)19-7-3-6-18-11/h4-5,8-9,13H,3,6-7,15H2,1-2H3,(H,16,17)/t13-/m0/s1. The molecule has 2 rings (SSSR count). The van der Waals surface area contributed by atoms with Crippen molar-refractivity contribution in [2.24, 2.45) is 11.7 Å². The van der Waals surface area contributed by atoms with Crippen molar-refractivity contribution in [3.8, 4) is 11.5 Å². The molecule has 1 aromatic carbocycles. The maximum atomic E-state index is 11.9. The fourth-order valence-corrected chi connectivity index (χ4v) is 1.77. The quantitative estimate of drug-likeness (QED) is 0.872. The maximum absolute atomic E-state index is 11.9. The van der Waals surface area contributed by atoms with Crippen LogP contribution < -0.4 is 20.5 Å². The number of fused-ring (bicyclic) bond motifs is 1. The highest BCUT2D eigenvalue weighted by atomic mass is 16.5. The van der Waals surface area contributed by atoms with Gasteiger partial charge in [-0.25, -0.2) is 0 Å². The molecule has 104 valence electrons. The van der Waals surface area contributed by atoms with Crippen molar-refractivity contribution in [3.63, 3.8) is 0 Å². The molecule has 0 saturated heterocycles. The molecular formula is C14H20N2O3. The molecular weight excluding hydrogens is 244 g/mol. The first-order valence-electron chi connectivity index (χ1n) is 6.54. The number of nitrogens with two attached hydrogens (primary N) is 1. The summed E-state index contributed by atoms with van der Waals surface area (Å²) in [5.41, 5.74) is 6.47. The van der Waals surface area contributed by atoms with Gasteiger partial charge in [0.25, 0.3) is 0 Å². The van der Waals surface area contributed by atoms with Crippen LogP contribution in [0.4, 0.5) is 5.69 Å². The first-order chi connectivity index (χ1) is 9.08. The van der Waals surface area contributed by atoms with Gasteiger partial charge in [0.1, 0.15) is 0 Å². The number of ether oxygens (including phenoxy) is 2. The maximum Gasteiger partial charge on any atom is 0.241 e. The van der Waals surface area contributed by atoms with Gasteiger partial charge in [0.15, 0.2) is 11.5 Å². The van der Waals surface area contributed by atoms with Gasteiger partial charge in [-0.3, -0.25) is 4.79 Å². The van der Waals surface area contributed by atoms with Crippen LogP contribution in [-0.2, 0) is 4.79 Å². The Balaban J connectivity index is 2.09. The lowest BCUT2D eigenvalue weighted by Gasteiger charge is -2.16. The summed E-state index contributed by atoms with van der Waals surface area (Å²) in [6, 6.07) is 4.84. The number of benzene rings is 1. The number of carbonyl (C=O) groups excluding carboxylic acids is 1. The van der Waals surface area contributed by atoms with Crippen LogP contribution in [0.2, 0.25) is 0 Å². The van der Waals surface area contributed by atoms with E-state index >= 15 is 0 Å². The van der Waals surface area contributed by atoms with Crippen LogP contribution in [0.15, 0.2) is 18.2 Å². The van der Waals surface area contributed by atoms with Crippen LogP contribution >= 0.6 is 0 Å². The Morgan fingerprint density at radius 1 is 1.26 bits per heavy atom. The fourth-order valence-electron chi connectivity index (χ4n) is 1.77. The second-order valence-corrected chi connectivity index (χ2v) is 4.97. The Morgan fingerprint density at radius 3 is 2.63 bits per heavy atom. The average molecular weight is 264 g/mol. The number of anilines is 1. The zero-order chi connectivity index (χ0) is 13.8. The fraction of sp³-hybridized carbons (Fsp3) is 0.500. The molecule has 0 spiro atoms. The Kier molecular flexibility index (Phi) is 4.27. The summed E-state index contributed by atoms with van der Waals surface area (Å²) in [4.78, 5) is 11.9. The summed E-state index contributed by atoms with van der Waals surface area (Å²) < 4.78 is 11.1. The molecule has 19 heavy (non-hydrogen) atoms. The second-order valence-electron chi connectivity index (χ2n) is 4.97. The van der Waals surface area contributed by atoms with Gasteiger partial charge in [-0.1, -0.05) is 13.8 Å². The molecule has 1 aliphatic heterocycles. The van der Waals surface area contributed by atoms with Gasteiger partial charge in [-0.05, 0) is 18.1 Å². The Hall–Kier alpha value is -1.75. The molecule has 5 nitrogen and oxygen atoms in total. The van der Waals surface area contributed by atoms with Crippen LogP contribution in [0.3, 0.4) is 0 Å². The SMILES string of the molecule is CC(C)[C@H](N)C(=O)Nc1ccc2c(c1)OCCCO2. The molecule has 5 heteroatoms. The lowest BCUT2D eigenvalue weighted by atomic mass is 10.0. The summed E-state index contributed by atoms with van der Waals surface area (Å²) in [6.45, 7) is 5.10. The van der Waals surface area contributed by atoms with E-state index in [4.69, 9.17) is 15.2 Å². The molecule has 1 aliphatic rings. The largest absolute Gasteiger partial charge is 0.490 e. The highest BCUT2D eigenvalue weighted by Crippen LogP contribution is 2.32. The molecule has 0 radical (unpaired) electrons. The minimum atomic E-state index is -0.518. The van der Waals surface area contributed by atoms with Crippen LogP contribution in [0.1, 0.15) is 20.3 Å². The summed E-state index contributed by atoms with van der Waals surface area (Å²) in [5, 5.41) is 2.79. The molecule has 0 aromatic heterocycles. The van der Waals surface area contributed by atoms with E-state index in [1.165, 1.54) is 0 Å². The molecule has 0 unspecified atom stereocenters. The Morgan fingerprint density at radius 2 is 1.95 bits per heavy atom. The topological polar surface area (TPSA) is 73.6 Å². The van der Waals surface area contributed by atoms with Crippen molar-refractivity contribution in [1.29, 1.82) is 0 Å². The minimum Gasteiger partial charge on any atom is -0.490 e. The van der Waals surface area contributed by atoms with Gasteiger partial charge in [0.05, 0.1) is 19.3 Å².